The molecule has 1 N–H and O–H groups in total. The van der Waals surface area contributed by atoms with Gasteiger partial charge in [-0.1, -0.05) is 0 Å². The molecular formula is C17H15F2N3O4S. The Bertz CT molecular complexity index is 1100. The summed E-state index contributed by atoms with van der Waals surface area (Å²) < 4.78 is 57.5. The summed E-state index contributed by atoms with van der Waals surface area (Å²) in [5, 5.41) is 10.9. The zero-order valence-electron chi connectivity index (χ0n) is 13.9. The molecule has 0 bridgehead atoms. The maximum Gasteiger partial charge on any atom is 0.387 e. The summed E-state index contributed by atoms with van der Waals surface area (Å²) in [6.45, 7) is -2.48. The third-order valence-electron chi connectivity index (χ3n) is 4.49. The lowest BCUT2D eigenvalue weighted by atomic mass is 10.2. The molecule has 0 saturated carbocycles. The van der Waals surface area contributed by atoms with Crippen molar-refractivity contribution in [1.29, 1.82) is 0 Å². The van der Waals surface area contributed by atoms with Gasteiger partial charge >= 0.3 is 6.61 Å². The van der Waals surface area contributed by atoms with E-state index < -0.39 is 16.6 Å². The van der Waals surface area contributed by atoms with Crippen molar-refractivity contribution in [2.75, 3.05) is 6.54 Å². The first-order valence-electron chi connectivity index (χ1n) is 8.08. The molecule has 4 rings (SSSR count). The number of sulfonamides is 1. The first-order chi connectivity index (χ1) is 12.9. The number of benzene rings is 1. The molecule has 1 aliphatic heterocycles. The third kappa shape index (κ3) is 3.00. The summed E-state index contributed by atoms with van der Waals surface area (Å²) in [6, 6.07) is 8.27. The average molecular weight is 395 g/mol. The van der Waals surface area contributed by atoms with E-state index in [4.69, 9.17) is 0 Å². The molecule has 7 nitrogen and oxygen atoms in total. The lowest BCUT2D eigenvalue weighted by Gasteiger charge is -2.28. The Morgan fingerprint density at radius 2 is 1.89 bits per heavy atom. The van der Waals surface area contributed by atoms with E-state index in [9.17, 15) is 22.3 Å². The SMILES string of the molecule is O=S(=O)(c1ccc(OC(F)F)cc1)N1CCn2c(O)c3cccnc3c2C1. The van der Waals surface area contributed by atoms with Crippen LogP contribution in [0.1, 0.15) is 5.69 Å². The standard InChI is InChI=1S/C17H15F2N3O4S/c18-17(19)26-11-3-5-12(6-4-11)27(24,25)21-8-9-22-14(10-21)15-13(16(22)23)2-1-7-20-15/h1-7,17,23H,8-10H2. The van der Waals surface area contributed by atoms with Gasteiger partial charge in [-0.25, -0.2) is 8.42 Å². The molecule has 10 heteroatoms. The smallest absolute Gasteiger partial charge is 0.387 e. The van der Waals surface area contributed by atoms with Crippen LogP contribution < -0.4 is 4.74 Å². The number of hydrogen-bond donors (Lipinski definition) is 1. The minimum absolute atomic E-state index is 0.0226. The molecule has 3 aromatic rings. The van der Waals surface area contributed by atoms with E-state index in [0.717, 1.165) is 0 Å². The summed E-state index contributed by atoms with van der Waals surface area (Å²) in [7, 11) is -3.84. The fourth-order valence-electron chi connectivity index (χ4n) is 3.22. The molecule has 0 atom stereocenters. The van der Waals surface area contributed by atoms with Crippen molar-refractivity contribution < 1.29 is 27.0 Å². The topological polar surface area (TPSA) is 84.7 Å². The number of aromatic hydroxyl groups is 1. The van der Waals surface area contributed by atoms with Gasteiger partial charge in [0.1, 0.15) is 5.75 Å². The monoisotopic (exact) mass is 395 g/mol. The van der Waals surface area contributed by atoms with Crippen molar-refractivity contribution in [3.05, 3.63) is 48.3 Å². The summed E-state index contributed by atoms with van der Waals surface area (Å²) in [5.74, 6) is -0.0461. The van der Waals surface area contributed by atoms with Gasteiger partial charge in [-0.3, -0.25) is 4.98 Å². The molecule has 2 aromatic heterocycles. The van der Waals surface area contributed by atoms with Crippen LogP contribution in [0.2, 0.25) is 0 Å². The lowest BCUT2D eigenvalue weighted by molar-refractivity contribution is -0.0498. The number of rotatable bonds is 4. The third-order valence-corrected chi connectivity index (χ3v) is 6.35. The Morgan fingerprint density at radius 3 is 2.59 bits per heavy atom. The number of ether oxygens (including phenoxy) is 1. The lowest BCUT2D eigenvalue weighted by Crippen LogP contribution is -2.38. The fourth-order valence-corrected chi connectivity index (χ4v) is 4.62. The van der Waals surface area contributed by atoms with Crippen LogP contribution in [0, 0.1) is 0 Å². The Hall–Kier alpha value is -2.72. The highest BCUT2D eigenvalue weighted by atomic mass is 32.2. The number of halogens is 2. The first-order valence-corrected chi connectivity index (χ1v) is 9.52. The minimum atomic E-state index is -3.84. The van der Waals surface area contributed by atoms with Gasteiger partial charge in [-0.15, -0.1) is 0 Å². The molecule has 3 heterocycles. The number of pyridine rings is 1. The van der Waals surface area contributed by atoms with Crippen LogP contribution in [-0.2, 0) is 23.1 Å². The van der Waals surface area contributed by atoms with E-state index in [0.29, 0.717) is 16.6 Å². The van der Waals surface area contributed by atoms with Crippen molar-refractivity contribution in [2.45, 2.75) is 24.6 Å². The molecule has 142 valence electrons. The number of alkyl halides is 2. The van der Waals surface area contributed by atoms with Gasteiger partial charge in [0.2, 0.25) is 15.9 Å². The van der Waals surface area contributed by atoms with Crippen molar-refractivity contribution in [3.63, 3.8) is 0 Å². The van der Waals surface area contributed by atoms with Gasteiger partial charge in [-0.05, 0) is 36.4 Å². The molecule has 27 heavy (non-hydrogen) atoms. The predicted octanol–water partition coefficient (Wildman–Crippen LogP) is 2.55. The maximum atomic E-state index is 12.9. The highest BCUT2D eigenvalue weighted by Crippen LogP contribution is 2.34. The Balaban J connectivity index is 1.66. The molecule has 0 radical (unpaired) electrons. The van der Waals surface area contributed by atoms with Gasteiger partial charge in [0, 0.05) is 19.3 Å². The van der Waals surface area contributed by atoms with Crippen molar-refractivity contribution in [1.82, 2.24) is 13.9 Å². The number of aromatic nitrogens is 2. The van der Waals surface area contributed by atoms with Crippen LogP contribution in [0.5, 0.6) is 11.6 Å². The largest absolute Gasteiger partial charge is 0.494 e. The summed E-state index contributed by atoms with van der Waals surface area (Å²) >= 11 is 0. The van der Waals surface area contributed by atoms with Crippen molar-refractivity contribution in [3.8, 4) is 11.6 Å². The number of fused-ring (bicyclic) bond motifs is 3. The van der Waals surface area contributed by atoms with Gasteiger partial charge in [0.15, 0.2) is 0 Å². The normalized spacial score (nSPS) is 15.2. The van der Waals surface area contributed by atoms with E-state index in [1.807, 2.05) is 0 Å². The van der Waals surface area contributed by atoms with Crippen molar-refractivity contribution in [2.24, 2.45) is 0 Å². The zero-order chi connectivity index (χ0) is 19.2. The molecule has 0 amide bonds. The van der Waals surface area contributed by atoms with Gasteiger partial charge < -0.3 is 14.4 Å². The second-order valence-corrected chi connectivity index (χ2v) is 7.95. The summed E-state index contributed by atoms with van der Waals surface area (Å²) in [4.78, 5) is 4.23. The van der Waals surface area contributed by atoms with E-state index >= 15 is 0 Å². The molecule has 0 saturated heterocycles. The van der Waals surface area contributed by atoms with Crippen molar-refractivity contribution >= 4 is 20.9 Å². The average Bonchev–Trinajstić information content (AvgIpc) is 2.94. The molecule has 0 spiro atoms. The minimum Gasteiger partial charge on any atom is -0.494 e. The molecule has 0 fully saturated rings. The van der Waals surface area contributed by atoms with Crippen LogP contribution in [-0.4, -0.2) is 40.5 Å². The second-order valence-electron chi connectivity index (χ2n) is 6.01. The fraction of sp³-hybridized carbons (Fsp3) is 0.235. The Kier molecular flexibility index (Phi) is 4.23. The highest BCUT2D eigenvalue weighted by molar-refractivity contribution is 7.89. The van der Waals surface area contributed by atoms with Gasteiger partial charge in [0.05, 0.1) is 28.0 Å². The van der Waals surface area contributed by atoms with E-state index in [1.54, 1.807) is 22.9 Å². The van der Waals surface area contributed by atoms with Crippen LogP contribution in [0.25, 0.3) is 10.9 Å². The molecule has 0 unspecified atom stereocenters. The van der Waals surface area contributed by atoms with Gasteiger partial charge in [0.25, 0.3) is 0 Å². The van der Waals surface area contributed by atoms with E-state index in [-0.39, 0.29) is 36.2 Å². The summed E-state index contributed by atoms with van der Waals surface area (Å²) in [6.07, 6.45) is 1.58. The number of hydrogen-bond acceptors (Lipinski definition) is 5. The first kappa shape index (κ1) is 17.7. The quantitative estimate of drug-likeness (QED) is 0.734. The molecule has 1 aromatic carbocycles. The predicted molar refractivity (Wildman–Crippen MR) is 92.1 cm³/mol. The van der Waals surface area contributed by atoms with Gasteiger partial charge in [-0.2, -0.15) is 13.1 Å². The van der Waals surface area contributed by atoms with E-state index in [1.165, 1.54) is 28.6 Å². The van der Waals surface area contributed by atoms with E-state index in [2.05, 4.69) is 9.72 Å². The van der Waals surface area contributed by atoms with Crippen LogP contribution >= 0.6 is 0 Å². The molecular weight excluding hydrogens is 380 g/mol. The Labute approximate surface area is 153 Å². The Morgan fingerprint density at radius 1 is 1.15 bits per heavy atom. The second kappa shape index (κ2) is 6.46. The molecule has 0 aliphatic carbocycles. The van der Waals surface area contributed by atoms with Crippen LogP contribution in [0.15, 0.2) is 47.5 Å². The summed E-state index contributed by atoms with van der Waals surface area (Å²) in [5.41, 5.74) is 1.16. The molecule has 1 aliphatic rings. The zero-order valence-corrected chi connectivity index (χ0v) is 14.7. The number of nitrogens with zero attached hydrogens (tertiary/aromatic N) is 3. The maximum absolute atomic E-state index is 12.9. The van der Waals surface area contributed by atoms with Crippen LogP contribution in [0.3, 0.4) is 0 Å². The highest BCUT2D eigenvalue weighted by Gasteiger charge is 2.31. The van der Waals surface area contributed by atoms with Crippen LogP contribution in [0.4, 0.5) is 8.78 Å².